The molecular formula is C18H13F3IN3O. The van der Waals surface area contributed by atoms with Gasteiger partial charge in [-0.05, 0) is 64.6 Å². The topological polar surface area (TPSA) is 46.9 Å². The highest BCUT2D eigenvalue weighted by molar-refractivity contribution is 14.1. The van der Waals surface area contributed by atoms with E-state index in [0.29, 0.717) is 3.57 Å². The van der Waals surface area contributed by atoms with Crippen LogP contribution in [0.1, 0.15) is 11.1 Å². The summed E-state index contributed by atoms with van der Waals surface area (Å²) in [5, 5.41) is 6.66. The standard InChI is InChI=1S/C18H13F3IN3O/c19-18(20,21)13-4-7-15(22)16(11-13)24-17(26)10-12-2-5-14(6-3-12)25-9-1-8-23-25/h1-9,11H,10H2,(H,24,26). The Labute approximate surface area is 161 Å². The van der Waals surface area contributed by atoms with Gasteiger partial charge in [0.15, 0.2) is 0 Å². The van der Waals surface area contributed by atoms with Crippen LogP contribution >= 0.6 is 22.6 Å². The minimum absolute atomic E-state index is 0.0612. The molecule has 3 rings (SSSR count). The largest absolute Gasteiger partial charge is 0.416 e. The molecule has 0 aliphatic rings. The van der Waals surface area contributed by atoms with Crippen molar-refractivity contribution in [2.24, 2.45) is 0 Å². The number of halogens is 4. The van der Waals surface area contributed by atoms with E-state index in [2.05, 4.69) is 10.4 Å². The molecule has 1 heterocycles. The second-order valence-corrected chi connectivity index (χ2v) is 6.70. The second-order valence-electron chi connectivity index (χ2n) is 5.53. The molecule has 0 unspecified atom stereocenters. The number of alkyl halides is 3. The second kappa shape index (κ2) is 7.48. The normalized spacial score (nSPS) is 11.4. The third kappa shape index (κ3) is 4.43. The maximum Gasteiger partial charge on any atom is 0.416 e. The van der Waals surface area contributed by atoms with Crippen molar-refractivity contribution >= 4 is 34.2 Å². The summed E-state index contributed by atoms with van der Waals surface area (Å²) < 4.78 is 40.7. The van der Waals surface area contributed by atoms with Crippen molar-refractivity contribution in [2.45, 2.75) is 12.6 Å². The monoisotopic (exact) mass is 471 g/mol. The molecule has 0 aliphatic heterocycles. The summed E-state index contributed by atoms with van der Waals surface area (Å²) >= 11 is 1.89. The van der Waals surface area contributed by atoms with Crippen LogP contribution in [-0.2, 0) is 17.4 Å². The zero-order valence-corrected chi connectivity index (χ0v) is 15.5. The molecule has 3 aromatic rings. The number of carbonyl (C=O) groups excluding carboxylic acids is 1. The van der Waals surface area contributed by atoms with Crippen molar-refractivity contribution in [2.75, 3.05) is 5.32 Å². The minimum Gasteiger partial charge on any atom is -0.325 e. The molecule has 0 saturated carbocycles. The van der Waals surface area contributed by atoms with Gasteiger partial charge in [0, 0.05) is 16.0 Å². The van der Waals surface area contributed by atoms with Gasteiger partial charge >= 0.3 is 6.18 Å². The van der Waals surface area contributed by atoms with Crippen LogP contribution in [0.15, 0.2) is 60.9 Å². The molecule has 0 atom stereocenters. The molecule has 0 aliphatic carbocycles. The van der Waals surface area contributed by atoms with Crippen LogP contribution < -0.4 is 5.32 Å². The Morgan fingerprint density at radius 1 is 1.15 bits per heavy atom. The van der Waals surface area contributed by atoms with Crippen LogP contribution in [0.2, 0.25) is 0 Å². The Kier molecular flexibility index (Phi) is 5.30. The van der Waals surface area contributed by atoms with E-state index in [0.717, 1.165) is 23.4 Å². The van der Waals surface area contributed by atoms with E-state index in [1.165, 1.54) is 6.07 Å². The maximum absolute atomic E-state index is 12.8. The summed E-state index contributed by atoms with van der Waals surface area (Å²) in [6.07, 6.45) is -0.923. The van der Waals surface area contributed by atoms with E-state index in [-0.39, 0.29) is 18.0 Å². The van der Waals surface area contributed by atoms with Gasteiger partial charge in [-0.25, -0.2) is 4.68 Å². The van der Waals surface area contributed by atoms with E-state index < -0.39 is 11.7 Å². The summed E-state index contributed by atoms with van der Waals surface area (Å²) in [6, 6.07) is 12.3. The summed E-state index contributed by atoms with van der Waals surface area (Å²) in [4.78, 5) is 12.2. The molecule has 1 amide bonds. The predicted molar refractivity (Wildman–Crippen MR) is 100 cm³/mol. The van der Waals surface area contributed by atoms with Gasteiger partial charge in [0.25, 0.3) is 0 Å². The highest BCUT2D eigenvalue weighted by atomic mass is 127. The van der Waals surface area contributed by atoms with Crippen LogP contribution in [0.5, 0.6) is 0 Å². The zero-order valence-electron chi connectivity index (χ0n) is 13.3. The van der Waals surface area contributed by atoms with E-state index in [4.69, 9.17) is 0 Å². The van der Waals surface area contributed by atoms with Gasteiger partial charge in [-0.3, -0.25) is 4.79 Å². The number of anilines is 1. The fourth-order valence-electron chi connectivity index (χ4n) is 2.37. The average molecular weight is 471 g/mol. The van der Waals surface area contributed by atoms with Crippen LogP contribution in [0.25, 0.3) is 5.69 Å². The Hall–Kier alpha value is -2.36. The van der Waals surface area contributed by atoms with Gasteiger partial charge in [-0.1, -0.05) is 12.1 Å². The Morgan fingerprint density at radius 3 is 2.50 bits per heavy atom. The van der Waals surface area contributed by atoms with Crippen LogP contribution in [-0.4, -0.2) is 15.7 Å². The van der Waals surface area contributed by atoms with E-state index in [9.17, 15) is 18.0 Å². The van der Waals surface area contributed by atoms with Gasteiger partial charge < -0.3 is 5.32 Å². The van der Waals surface area contributed by atoms with Gasteiger partial charge in [0.2, 0.25) is 5.91 Å². The van der Waals surface area contributed by atoms with Crippen molar-refractivity contribution in [1.29, 1.82) is 0 Å². The van der Waals surface area contributed by atoms with Gasteiger partial charge in [-0.2, -0.15) is 18.3 Å². The molecule has 0 saturated heterocycles. The molecule has 26 heavy (non-hydrogen) atoms. The van der Waals surface area contributed by atoms with Gasteiger partial charge in [-0.15, -0.1) is 0 Å². The summed E-state index contributed by atoms with van der Waals surface area (Å²) in [7, 11) is 0. The molecule has 134 valence electrons. The maximum atomic E-state index is 12.8. The quantitative estimate of drug-likeness (QED) is 0.563. The number of nitrogens with zero attached hydrogens (tertiary/aromatic N) is 2. The third-order valence-electron chi connectivity index (χ3n) is 3.64. The molecule has 4 nitrogen and oxygen atoms in total. The van der Waals surface area contributed by atoms with Crippen molar-refractivity contribution in [3.63, 3.8) is 0 Å². The number of rotatable bonds is 4. The minimum atomic E-state index is -4.45. The first-order valence-corrected chi connectivity index (χ1v) is 8.66. The first kappa shape index (κ1) is 18.4. The number of carbonyl (C=O) groups is 1. The summed E-state index contributed by atoms with van der Waals surface area (Å²) in [6.45, 7) is 0. The lowest BCUT2D eigenvalue weighted by atomic mass is 10.1. The SMILES string of the molecule is O=C(Cc1ccc(-n2cccn2)cc1)Nc1cc(C(F)(F)F)ccc1I. The van der Waals surface area contributed by atoms with E-state index >= 15 is 0 Å². The molecule has 8 heteroatoms. The molecule has 1 N–H and O–H groups in total. The van der Waals surface area contributed by atoms with Crippen molar-refractivity contribution in [3.05, 3.63) is 75.6 Å². The lowest BCUT2D eigenvalue weighted by Crippen LogP contribution is -2.16. The predicted octanol–water partition coefficient (Wildman–Crippen LogP) is 4.68. The molecule has 0 radical (unpaired) electrons. The highest BCUT2D eigenvalue weighted by Gasteiger charge is 2.31. The Bertz CT molecular complexity index is 906. The number of hydrogen-bond donors (Lipinski definition) is 1. The third-order valence-corrected chi connectivity index (χ3v) is 4.58. The molecule has 0 fully saturated rings. The molecular weight excluding hydrogens is 458 g/mol. The number of aromatic nitrogens is 2. The number of benzene rings is 2. The number of nitrogens with one attached hydrogen (secondary N) is 1. The Morgan fingerprint density at radius 2 is 1.88 bits per heavy atom. The molecule has 2 aromatic carbocycles. The van der Waals surface area contributed by atoms with Crippen molar-refractivity contribution in [3.8, 4) is 5.69 Å². The fraction of sp³-hybridized carbons (Fsp3) is 0.111. The van der Waals surface area contributed by atoms with Crippen LogP contribution in [0.4, 0.5) is 18.9 Å². The highest BCUT2D eigenvalue weighted by Crippen LogP contribution is 2.32. The zero-order chi connectivity index (χ0) is 18.7. The van der Waals surface area contributed by atoms with E-state index in [1.807, 2.05) is 34.7 Å². The first-order chi connectivity index (χ1) is 12.3. The smallest absolute Gasteiger partial charge is 0.325 e. The first-order valence-electron chi connectivity index (χ1n) is 7.58. The fourth-order valence-corrected chi connectivity index (χ4v) is 2.84. The van der Waals surface area contributed by atoms with Gasteiger partial charge in [0.05, 0.1) is 23.4 Å². The van der Waals surface area contributed by atoms with Crippen molar-refractivity contribution in [1.82, 2.24) is 9.78 Å². The lowest BCUT2D eigenvalue weighted by Gasteiger charge is -2.12. The van der Waals surface area contributed by atoms with Crippen molar-refractivity contribution < 1.29 is 18.0 Å². The summed E-state index contributed by atoms with van der Waals surface area (Å²) in [5.41, 5.74) is 0.961. The Balaban J connectivity index is 1.69. The van der Waals surface area contributed by atoms with Crippen LogP contribution in [0, 0.1) is 3.57 Å². The van der Waals surface area contributed by atoms with E-state index in [1.54, 1.807) is 35.3 Å². The number of hydrogen-bond acceptors (Lipinski definition) is 2. The molecule has 1 aromatic heterocycles. The lowest BCUT2D eigenvalue weighted by molar-refractivity contribution is -0.137. The summed E-state index contributed by atoms with van der Waals surface area (Å²) in [5.74, 6) is -0.380. The number of amides is 1. The average Bonchev–Trinajstić information content (AvgIpc) is 3.11. The van der Waals surface area contributed by atoms with Gasteiger partial charge in [0.1, 0.15) is 0 Å². The van der Waals surface area contributed by atoms with Crippen LogP contribution in [0.3, 0.4) is 0 Å². The molecule has 0 bridgehead atoms. The molecule has 0 spiro atoms.